The van der Waals surface area contributed by atoms with Crippen LogP contribution < -0.4 is 11.1 Å². The molecule has 35 heavy (non-hydrogen) atoms. The molecule has 11 heteroatoms. The Morgan fingerprint density at radius 1 is 1.17 bits per heavy atom. The average molecular weight is 486 g/mol. The van der Waals surface area contributed by atoms with Gasteiger partial charge in [-0.25, -0.2) is 9.79 Å². The molecule has 1 aromatic carbocycles. The van der Waals surface area contributed by atoms with Gasteiger partial charge in [-0.3, -0.25) is 9.78 Å². The monoisotopic (exact) mass is 486 g/mol. The molecule has 0 aliphatic carbocycles. The fourth-order valence-corrected chi connectivity index (χ4v) is 3.67. The van der Waals surface area contributed by atoms with Crippen LogP contribution in [0.2, 0.25) is 0 Å². The molecule has 8 nitrogen and oxygen atoms in total. The minimum Gasteiger partial charge on any atom is -0.478 e. The van der Waals surface area contributed by atoms with Crippen molar-refractivity contribution in [1.82, 2.24) is 10.3 Å². The molecule has 0 radical (unpaired) electrons. The van der Waals surface area contributed by atoms with Crippen LogP contribution in [0.25, 0.3) is 22.2 Å². The van der Waals surface area contributed by atoms with Crippen molar-refractivity contribution in [3.05, 3.63) is 65.2 Å². The van der Waals surface area contributed by atoms with Crippen molar-refractivity contribution in [2.45, 2.75) is 38.4 Å². The molecule has 1 amide bonds. The van der Waals surface area contributed by atoms with E-state index in [0.717, 1.165) is 24.3 Å². The summed E-state index contributed by atoms with van der Waals surface area (Å²) in [5.41, 5.74) is 5.53. The van der Waals surface area contributed by atoms with E-state index in [4.69, 9.17) is 15.3 Å². The number of aliphatic imine (C=N–C) groups is 1. The maximum absolute atomic E-state index is 13.8. The van der Waals surface area contributed by atoms with Crippen LogP contribution in [-0.2, 0) is 17.5 Å². The third kappa shape index (κ3) is 5.68. The van der Waals surface area contributed by atoms with Crippen LogP contribution in [0.1, 0.15) is 47.4 Å². The first-order valence-electron chi connectivity index (χ1n) is 10.7. The van der Waals surface area contributed by atoms with E-state index in [1.54, 1.807) is 6.20 Å². The molecule has 1 aliphatic rings. The highest BCUT2D eigenvalue weighted by atomic mass is 19.4. The zero-order chi connectivity index (χ0) is 25.2. The van der Waals surface area contributed by atoms with Crippen molar-refractivity contribution in [3.63, 3.8) is 0 Å². The van der Waals surface area contributed by atoms with E-state index in [9.17, 15) is 22.8 Å². The van der Waals surface area contributed by atoms with Crippen molar-refractivity contribution in [2.24, 2.45) is 10.7 Å². The molecule has 0 atom stereocenters. The third-order valence-corrected chi connectivity index (χ3v) is 5.53. The Balaban J connectivity index is 1.52. The van der Waals surface area contributed by atoms with Crippen LogP contribution in [0.4, 0.5) is 13.2 Å². The molecule has 4 rings (SSSR count). The van der Waals surface area contributed by atoms with Crippen molar-refractivity contribution in [2.75, 3.05) is 0 Å². The van der Waals surface area contributed by atoms with Gasteiger partial charge in [0.05, 0.1) is 29.2 Å². The lowest BCUT2D eigenvalue weighted by atomic mass is 10.0. The number of alkyl halides is 3. The Labute approximate surface area is 197 Å². The summed E-state index contributed by atoms with van der Waals surface area (Å²) in [6.45, 7) is -0.0736. The number of hydrogen-bond donors (Lipinski definition) is 3. The molecule has 0 saturated heterocycles. The van der Waals surface area contributed by atoms with Crippen LogP contribution in [-0.4, -0.2) is 27.8 Å². The lowest BCUT2D eigenvalue weighted by Gasteiger charge is -2.10. The van der Waals surface area contributed by atoms with E-state index in [2.05, 4.69) is 15.3 Å². The first kappa shape index (κ1) is 24.0. The van der Waals surface area contributed by atoms with Gasteiger partial charge in [-0.05, 0) is 43.2 Å². The highest BCUT2D eigenvalue weighted by molar-refractivity contribution is 5.89. The first-order valence-corrected chi connectivity index (χ1v) is 10.7. The highest BCUT2D eigenvalue weighted by Crippen LogP contribution is 2.39. The zero-order valence-electron chi connectivity index (χ0n) is 18.4. The topological polar surface area (TPSA) is 131 Å². The van der Waals surface area contributed by atoms with Gasteiger partial charge in [0.1, 0.15) is 11.3 Å². The molecular weight excluding hydrogens is 465 g/mol. The number of rotatable bonds is 7. The number of aromatic carboxylic acids is 1. The van der Waals surface area contributed by atoms with E-state index in [1.165, 1.54) is 24.3 Å². The first-order chi connectivity index (χ1) is 16.6. The number of hydrogen-bond acceptors (Lipinski definition) is 6. The maximum Gasteiger partial charge on any atom is 0.420 e. The summed E-state index contributed by atoms with van der Waals surface area (Å²) < 4.78 is 46.7. The van der Waals surface area contributed by atoms with E-state index >= 15 is 0 Å². The fourth-order valence-electron chi connectivity index (χ4n) is 3.67. The molecule has 0 bridgehead atoms. The standard InChI is InChI=1S/C24H21F3N4O4/c25-24(26,27)18-9-15(19-4-3-14(11-29-19)23(33)34)7-16-8-17(35-22(16)18)12-31-21(32)6-2-13-1-5-20(28)30-10-13/h3-4,7-11H,1-2,5-6,12H2,(H2,28,30)(H,31,32)(H,33,34). The van der Waals surface area contributed by atoms with E-state index < -0.39 is 17.7 Å². The smallest absolute Gasteiger partial charge is 0.420 e. The Morgan fingerprint density at radius 2 is 1.97 bits per heavy atom. The number of nitrogens with zero attached hydrogens (tertiary/aromatic N) is 2. The summed E-state index contributed by atoms with van der Waals surface area (Å²) in [6, 6.07) is 6.42. The van der Waals surface area contributed by atoms with Gasteiger partial charge in [-0.1, -0.05) is 5.57 Å². The number of aromatic nitrogens is 1. The number of carboxylic acids is 1. The molecular formula is C24H21F3N4O4. The summed E-state index contributed by atoms with van der Waals surface area (Å²) >= 11 is 0. The number of amidine groups is 1. The molecule has 0 spiro atoms. The number of carbonyl (C=O) groups is 2. The molecule has 0 unspecified atom stereocenters. The Bertz CT molecular complexity index is 1340. The largest absolute Gasteiger partial charge is 0.478 e. The molecule has 2 aromatic heterocycles. The lowest BCUT2D eigenvalue weighted by molar-refractivity contribution is -0.136. The number of pyridine rings is 1. The SMILES string of the molecule is NC1=NC=C(CCC(=O)NCc2cc3cc(-c4ccc(C(=O)O)cn4)cc(C(F)(F)F)c3o2)CC1. The molecule has 0 fully saturated rings. The summed E-state index contributed by atoms with van der Waals surface area (Å²) in [5, 5.41) is 11.8. The van der Waals surface area contributed by atoms with Gasteiger partial charge in [0.25, 0.3) is 0 Å². The molecule has 0 saturated carbocycles. The summed E-state index contributed by atoms with van der Waals surface area (Å²) in [5.74, 6) is -0.740. The number of fused-ring (bicyclic) bond motifs is 1. The zero-order valence-corrected chi connectivity index (χ0v) is 18.4. The number of halogens is 3. The fraction of sp³-hybridized carbons (Fsp3) is 0.250. The van der Waals surface area contributed by atoms with Crippen LogP contribution in [0.15, 0.2) is 57.7 Å². The van der Waals surface area contributed by atoms with E-state index in [-0.39, 0.29) is 52.4 Å². The minimum absolute atomic E-state index is 0.0736. The van der Waals surface area contributed by atoms with Crippen molar-refractivity contribution in [1.29, 1.82) is 0 Å². The molecule has 3 aromatic rings. The molecule has 4 N–H and O–H groups in total. The number of nitrogens with one attached hydrogen (secondary N) is 1. The number of benzene rings is 1. The van der Waals surface area contributed by atoms with Crippen molar-refractivity contribution >= 4 is 28.7 Å². The van der Waals surface area contributed by atoms with E-state index in [0.29, 0.717) is 18.7 Å². The predicted octanol–water partition coefficient (Wildman–Crippen LogP) is 4.64. The number of amides is 1. The van der Waals surface area contributed by atoms with Crippen LogP contribution in [0.3, 0.4) is 0 Å². The van der Waals surface area contributed by atoms with Gasteiger partial charge >= 0.3 is 12.1 Å². The number of carbonyl (C=O) groups excluding carboxylic acids is 1. The minimum atomic E-state index is -4.70. The molecule has 182 valence electrons. The number of allylic oxidation sites excluding steroid dienone is 1. The second-order valence-electron chi connectivity index (χ2n) is 8.07. The normalized spacial score (nSPS) is 13.9. The Hall–Kier alpha value is -4.15. The van der Waals surface area contributed by atoms with Crippen LogP contribution in [0, 0.1) is 0 Å². The van der Waals surface area contributed by atoms with Crippen molar-refractivity contribution < 1.29 is 32.3 Å². The second kappa shape index (κ2) is 9.61. The van der Waals surface area contributed by atoms with Crippen molar-refractivity contribution in [3.8, 4) is 11.3 Å². The van der Waals surface area contributed by atoms with Gasteiger partial charge in [0, 0.05) is 36.2 Å². The van der Waals surface area contributed by atoms with Gasteiger partial charge in [0.15, 0.2) is 0 Å². The Kier molecular flexibility index (Phi) is 6.59. The summed E-state index contributed by atoms with van der Waals surface area (Å²) in [4.78, 5) is 31.2. The van der Waals surface area contributed by atoms with Crippen LogP contribution in [0.5, 0.6) is 0 Å². The maximum atomic E-state index is 13.8. The summed E-state index contributed by atoms with van der Waals surface area (Å²) in [6.07, 6.45) is 0.141. The van der Waals surface area contributed by atoms with Gasteiger partial charge < -0.3 is 20.6 Å². The molecule has 1 aliphatic heterocycles. The Morgan fingerprint density at radius 3 is 2.60 bits per heavy atom. The molecule has 3 heterocycles. The van der Waals surface area contributed by atoms with Gasteiger partial charge in [0.2, 0.25) is 5.91 Å². The van der Waals surface area contributed by atoms with Gasteiger partial charge in [-0.2, -0.15) is 13.2 Å². The number of carboxylic acid groups (broad SMARTS) is 1. The number of nitrogens with two attached hydrogens (primary N) is 1. The second-order valence-corrected chi connectivity index (χ2v) is 8.07. The third-order valence-electron chi connectivity index (χ3n) is 5.53. The lowest BCUT2D eigenvalue weighted by Crippen LogP contribution is -2.22. The quantitative estimate of drug-likeness (QED) is 0.446. The number of furan rings is 1. The summed E-state index contributed by atoms with van der Waals surface area (Å²) in [7, 11) is 0. The highest BCUT2D eigenvalue weighted by Gasteiger charge is 2.35. The van der Waals surface area contributed by atoms with Crippen LogP contribution >= 0.6 is 0 Å². The predicted molar refractivity (Wildman–Crippen MR) is 121 cm³/mol. The van der Waals surface area contributed by atoms with E-state index in [1.807, 2.05) is 0 Å². The average Bonchev–Trinajstić information content (AvgIpc) is 3.24. The van der Waals surface area contributed by atoms with Gasteiger partial charge in [-0.15, -0.1) is 0 Å².